The van der Waals surface area contributed by atoms with Gasteiger partial charge in [-0.2, -0.15) is 0 Å². The zero-order valence-corrected chi connectivity index (χ0v) is 14.7. The summed E-state index contributed by atoms with van der Waals surface area (Å²) in [5, 5.41) is 21.3. The van der Waals surface area contributed by atoms with E-state index in [1.54, 1.807) is 46.8 Å². The minimum atomic E-state index is -1.21. The number of aromatic hydroxyl groups is 1. The van der Waals surface area contributed by atoms with Crippen LogP contribution in [0.3, 0.4) is 0 Å². The van der Waals surface area contributed by atoms with Gasteiger partial charge in [0.25, 0.3) is 0 Å². The van der Waals surface area contributed by atoms with Gasteiger partial charge in [0.05, 0.1) is 6.61 Å². The summed E-state index contributed by atoms with van der Waals surface area (Å²) in [4.78, 5) is 23.6. The Kier molecular flexibility index (Phi) is 6.60. The van der Waals surface area contributed by atoms with Crippen LogP contribution in [-0.4, -0.2) is 40.5 Å². The van der Waals surface area contributed by atoms with Crippen molar-refractivity contribution in [2.24, 2.45) is 0 Å². The molecule has 0 radical (unpaired) electrons. The molecule has 0 aliphatic carbocycles. The molecule has 1 aromatic carbocycles. The van der Waals surface area contributed by atoms with E-state index in [9.17, 15) is 19.8 Å². The Hall–Kier alpha value is -2.28. The highest BCUT2D eigenvalue weighted by Crippen LogP contribution is 2.23. The Morgan fingerprint density at radius 2 is 1.75 bits per heavy atom. The first-order chi connectivity index (χ1) is 11.0. The number of aliphatic hydroxyl groups excluding tert-OH is 1. The maximum absolute atomic E-state index is 12.0. The fraction of sp³-hybridized carbons (Fsp3) is 0.529. The Labute approximate surface area is 141 Å². The van der Waals surface area contributed by atoms with Crippen molar-refractivity contribution in [3.63, 3.8) is 0 Å². The Morgan fingerprint density at radius 1 is 1.21 bits per heavy atom. The summed E-state index contributed by atoms with van der Waals surface area (Å²) in [6.07, 6.45) is -0.810. The van der Waals surface area contributed by atoms with Crippen molar-refractivity contribution in [3.8, 4) is 5.75 Å². The summed E-state index contributed by atoms with van der Waals surface area (Å²) in [6, 6.07) is 2.19. The molecule has 3 N–H and O–H groups in total. The topological polar surface area (TPSA) is 105 Å². The molecule has 0 fully saturated rings. The van der Waals surface area contributed by atoms with Crippen LogP contribution in [0.1, 0.15) is 37.5 Å². The van der Waals surface area contributed by atoms with E-state index in [-0.39, 0.29) is 12.4 Å². The molecule has 1 aromatic rings. The second kappa shape index (κ2) is 8.01. The van der Waals surface area contributed by atoms with Crippen LogP contribution in [0.15, 0.2) is 12.1 Å². The van der Waals surface area contributed by atoms with Crippen molar-refractivity contribution in [1.82, 2.24) is 5.32 Å². The van der Waals surface area contributed by atoms with Crippen molar-refractivity contribution in [3.05, 3.63) is 28.8 Å². The maximum Gasteiger partial charge on any atom is 0.408 e. The third-order valence-corrected chi connectivity index (χ3v) is 3.09. The maximum atomic E-state index is 12.0. The molecule has 0 unspecified atom stereocenters. The lowest BCUT2D eigenvalue weighted by molar-refractivity contribution is -0.148. The molecule has 0 heterocycles. The molecule has 0 saturated heterocycles. The minimum Gasteiger partial charge on any atom is -0.507 e. The normalized spacial score (nSPS) is 12.4. The molecule has 7 nitrogen and oxygen atoms in total. The number of hydrogen-bond acceptors (Lipinski definition) is 6. The summed E-state index contributed by atoms with van der Waals surface area (Å²) in [5.74, 6) is -0.573. The van der Waals surface area contributed by atoms with Gasteiger partial charge in [0.2, 0.25) is 0 Å². The van der Waals surface area contributed by atoms with Gasteiger partial charge < -0.3 is 25.0 Å². The monoisotopic (exact) mass is 339 g/mol. The lowest BCUT2D eigenvalue weighted by Gasteiger charge is -2.22. The van der Waals surface area contributed by atoms with Crippen LogP contribution >= 0.6 is 0 Å². The molecule has 0 bridgehead atoms. The van der Waals surface area contributed by atoms with Crippen LogP contribution in [0.2, 0.25) is 0 Å². The number of phenolic OH excluding ortho intramolecular Hbond substituents is 1. The van der Waals surface area contributed by atoms with Gasteiger partial charge in [-0.1, -0.05) is 0 Å². The average Bonchev–Trinajstić information content (AvgIpc) is 2.45. The second-order valence-electron chi connectivity index (χ2n) is 6.57. The molecule has 1 amide bonds. The van der Waals surface area contributed by atoms with E-state index in [0.29, 0.717) is 16.7 Å². The molecule has 0 aliphatic heterocycles. The molecule has 0 saturated carbocycles. The average molecular weight is 339 g/mol. The van der Waals surface area contributed by atoms with E-state index >= 15 is 0 Å². The van der Waals surface area contributed by atoms with Crippen LogP contribution < -0.4 is 5.32 Å². The highest BCUT2D eigenvalue weighted by atomic mass is 16.6. The summed E-state index contributed by atoms with van der Waals surface area (Å²) in [6.45, 7) is 7.92. The lowest BCUT2D eigenvalue weighted by Crippen LogP contribution is -2.46. The molecule has 134 valence electrons. The molecule has 7 heteroatoms. The number of aliphatic hydroxyl groups is 1. The number of carbonyl (C=O) groups is 2. The van der Waals surface area contributed by atoms with Gasteiger partial charge in [-0.15, -0.1) is 0 Å². The van der Waals surface area contributed by atoms with Gasteiger partial charge in [0.15, 0.2) is 6.04 Å². The zero-order chi connectivity index (χ0) is 18.5. The van der Waals surface area contributed by atoms with Gasteiger partial charge in [-0.25, -0.2) is 9.59 Å². The van der Waals surface area contributed by atoms with Gasteiger partial charge in [-0.05, 0) is 63.4 Å². The number of aryl methyl sites for hydroxylation is 2. The van der Waals surface area contributed by atoms with Crippen LogP contribution in [0.25, 0.3) is 0 Å². The first-order valence-corrected chi connectivity index (χ1v) is 7.59. The van der Waals surface area contributed by atoms with Gasteiger partial charge in [-0.3, -0.25) is 0 Å². The minimum absolute atomic E-state index is 0.0344. The first-order valence-electron chi connectivity index (χ1n) is 7.59. The largest absolute Gasteiger partial charge is 0.507 e. The van der Waals surface area contributed by atoms with Crippen molar-refractivity contribution in [1.29, 1.82) is 0 Å². The number of nitrogens with one attached hydrogen (secondary N) is 1. The number of amides is 1. The predicted octanol–water partition coefficient (Wildman–Crippen LogP) is 1.94. The molecule has 0 aliphatic rings. The lowest BCUT2D eigenvalue weighted by atomic mass is 10.1. The fourth-order valence-electron chi connectivity index (χ4n) is 2.01. The SMILES string of the molecule is Cc1cc(COC(=O)[C@H](CO)NC(=O)OC(C)(C)C)cc(C)c1O. The van der Waals surface area contributed by atoms with E-state index in [0.717, 1.165) is 0 Å². The highest BCUT2D eigenvalue weighted by Gasteiger charge is 2.25. The number of esters is 1. The molecule has 0 spiro atoms. The van der Waals surface area contributed by atoms with E-state index < -0.39 is 30.3 Å². The van der Waals surface area contributed by atoms with Crippen LogP contribution in [0.4, 0.5) is 4.79 Å². The van der Waals surface area contributed by atoms with E-state index in [2.05, 4.69) is 5.32 Å². The third kappa shape index (κ3) is 6.08. The molecular weight excluding hydrogens is 314 g/mol. The Bertz CT molecular complexity index is 583. The van der Waals surface area contributed by atoms with Crippen molar-refractivity contribution >= 4 is 12.1 Å². The molecular formula is C17H25NO6. The summed E-state index contributed by atoms with van der Waals surface area (Å²) in [5.41, 5.74) is 1.33. The van der Waals surface area contributed by atoms with Crippen molar-refractivity contribution in [2.75, 3.05) is 6.61 Å². The van der Waals surface area contributed by atoms with Gasteiger partial charge >= 0.3 is 12.1 Å². The number of hydrogen-bond donors (Lipinski definition) is 3. The Balaban J connectivity index is 2.63. The van der Waals surface area contributed by atoms with E-state index in [1.165, 1.54) is 0 Å². The summed E-state index contributed by atoms with van der Waals surface area (Å²) in [7, 11) is 0. The second-order valence-corrected chi connectivity index (χ2v) is 6.57. The highest BCUT2D eigenvalue weighted by molar-refractivity contribution is 5.81. The fourth-order valence-corrected chi connectivity index (χ4v) is 2.01. The van der Waals surface area contributed by atoms with Crippen LogP contribution in [-0.2, 0) is 20.9 Å². The number of phenols is 1. The number of alkyl carbamates (subject to hydrolysis) is 1. The quantitative estimate of drug-likeness (QED) is 0.708. The van der Waals surface area contributed by atoms with E-state index in [1.807, 2.05) is 0 Å². The van der Waals surface area contributed by atoms with Crippen molar-refractivity contribution < 1.29 is 29.3 Å². The van der Waals surface area contributed by atoms with Crippen molar-refractivity contribution in [2.45, 2.75) is 52.9 Å². The molecule has 1 rings (SSSR count). The summed E-state index contributed by atoms with van der Waals surface area (Å²) < 4.78 is 10.1. The number of rotatable bonds is 5. The first kappa shape index (κ1) is 19.8. The molecule has 1 atom stereocenters. The van der Waals surface area contributed by atoms with Crippen LogP contribution in [0.5, 0.6) is 5.75 Å². The van der Waals surface area contributed by atoms with Gasteiger partial charge in [0.1, 0.15) is 18.0 Å². The Morgan fingerprint density at radius 3 is 2.21 bits per heavy atom. The third-order valence-electron chi connectivity index (χ3n) is 3.09. The standard InChI is InChI=1S/C17H25NO6/c1-10-6-12(7-11(2)14(10)20)9-23-15(21)13(8-19)18-16(22)24-17(3,4)5/h6-7,13,19-20H,8-9H2,1-5H3,(H,18,22)/t13-/m0/s1. The van der Waals surface area contributed by atoms with Gasteiger partial charge in [0, 0.05) is 0 Å². The molecule has 24 heavy (non-hydrogen) atoms. The van der Waals surface area contributed by atoms with E-state index in [4.69, 9.17) is 9.47 Å². The number of carbonyl (C=O) groups excluding carboxylic acids is 2. The predicted molar refractivity (Wildman–Crippen MR) is 87.6 cm³/mol. The van der Waals surface area contributed by atoms with Crippen LogP contribution in [0, 0.1) is 13.8 Å². The molecule has 0 aromatic heterocycles. The number of benzene rings is 1. The zero-order valence-electron chi connectivity index (χ0n) is 14.7. The smallest absolute Gasteiger partial charge is 0.408 e. The summed E-state index contributed by atoms with van der Waals surface area (Å²) >= 11 is 0. The number of ether oxygens (including phenoxy) is 2.